The van der Waals surface area contributed by atoms with E-state index in [9.17, 15) is 48.3 Å². The molecular formula is C7ClF11. The molecule has 0 bridgehead atoms. The zero-order chi connectivity index (χ0) is 15.7. The van der Waals surface area contributed by atoms with Gasteiger partial charge < -0.3 is 0 Å². The van der Waals surface area contributed by atoms with Gasteiger partial charge in [-0.3, -0.25) is 0 Å². The molecule has 19 heavy (non-hydrogen) atoms. The van der Waals surface area contributed by atoms with Crippen molar-refractivity contribution < 1.29 is 48.3 Å². The molecule has 0 spiro atoms. The molecule has 0 aromatic heterocycles. The van der Waals surface area contributed by atoms with Gasteiger partial charge in [0.2, 0.25) is 0 Å². The largest absolute Gasteiger partial charge is 0.435 e. The molecule has 0 radical (unpaired) electrons. The van der Waals surface area contributed by atoms with Crippen LogP contribution >= 0.6 is 11.6 Å². The fraction of sp³-hybridized carbons (Fsp3) is 0.714. The van der Waals surface area contributed by atoms with Gasteiger partial charge in [0, 0.05) is 0 Å². The standard InChI is InChI=1S/C7ClF11/c8-1-2(9)4(12,13)6(15,16)5(14,3(1,10)11)7(17,18)19. The van der Waals surface area contributed by atoms with Gasteiger partial charge in [-0.15, -0.1) is 0 Å². The van der Waals surface area contributed by atoms with Crippen LogP contribution in [0.4, 0.5) is 48.3 Å². The van der Waals surface area contributed by atoms with Gasteiger partial charge in [-0.1, -0.05) is 11.6 Å². The smallest absolute Gasteiger partial charge is 0.219 e. The fourth-order valence-electron chi connectivity index (χ4n) is 1.33. The van der Waals surface area contributed by atoms with E-state index < -0.39 is 40.5 Å². The lowest BCUT2D eigenvalue weighted by molar-refractivity contribution is -0.398. The van der Waals surface area contributed by atoms with Gasteiger partial charge in [0.05, 0.1) is 0 Å². The quantitative estimate of drug-likeness (QED) is 0.570. The van der Waals surface area contributed by atoms with Crippen molar-refractivity contribution in [1.29, 1.82) is 0 Å². The molecule has 0 fully saturated rings. The number of hydrogen-bond donors (Lipinski definition) is 0. The van der Waals surface area contributed by atoms with Crippen LogP contribution in [-0.2, 0) is 0 Å². The van der Waals surface area contributed by atoms with Crippen LogP contribution in [0.3, 0.4) is 0 Å². The number of alkyl halides is 10. The lowest BCUT2D eigenvalue weighted by atomic mass is 9.80. The van der Waals surface area contributed by atoms with Gasteiger partial charge in [0.1, 0.15) is 5.03 Å². The Kier molecular flexibility index (Phi) is 3.15. The minimum Gasteiger partial charge on any atom is -0.219 e. The van der Waals surface area contributed by atoms with Gasteiger partial charge in [0.15, 0.2) is 5.83 Å². The van der Waals surface area contributed by atoms with Crippen molar-refractivity contribution in [3.8, 4) is 0 Å². The molecule has 0 saturated carbocycles. The summed E-state index contributed by atoms with van der Waals surface area (Å²) in [6.07, 6.45) is -7.13. The third kappa shape index (κ3) is 1.53. The second-order valence-electron chi connectivity index (χ2n) is 3.51. The molecule has 0 N–H and O–H groups in total. The maximum absolute atomic E-state index is 13.2. The average molecular weight is 329 g/mol. The summed E-state index contributed by atoms with van der Waals surface area (Å²) in [5, 5.41) is -3.26. The van der Waals surface area contributed by atoms with Gasteiger partial charge in [-0.25, -0.2) is 8.78 Å². The summed E-state index contributed by atoms with van der Waals surface area (Å²) in [5.74, 6) is -23.7. The molecule has 1 atom stereocenters. The van der Waals surface area contributed by atoms with Crippen LogP contribution in [0.1, 0.15) is 0 Å². The monoisotopic (exact) mass is 328 g/mol. The molecule has 1 unspecified atom stereocenters. The molecule has 0 aromatic rings. The zero-order valence-electron chi connectivity index (χ0n) is 8.04. The van der Waals surface area contributed by atoms with Crippen LogP contribution in [-0.4, -0.2) is 29.6 Å². The van der Waals surface area contributed by atoms with Crippen LogP contribution in [0, 0.1) is 0 Å². The van der Waals surface area contributed by atoms with Crippen molar-refractivity contribution in [2.24, 2.45) is 0 Å². The van der Waals surface area contributed by atoms with Crippen molar-refractivity contribution >= 4 is 11.6 Å². The van der Waals surface area contributed by atoms with Gasteiger partial charge in [-0.2, -0.15) is 39.5 Å². The maximum Gasteiger partial charge on any atom is 0.435 e. The molecule has 0 amide bonds. The minimum atomic E-state index is -7.13. The Balaban J connectivity index is 3.84. The Morgan fingerprint density at radius 3 is 1.47 bits per heavy atom. The SMILES string of the molecule is FC1=C(Cl)C(F)(F)C(F)(C(F)(F)F)C(F)(F)C1(F)F. The molecule has 0 aromatic carbocycles. The van der Waals surface area contributed by atoms with Crippen molar-refractivity contribution in [3.63, 3.8) is 0 Å². The first-order valence-electron chi connectivity index (χ1n) is 4.02. The van der Waals surface area contributed by atoms with Crippen LogP contribution in [0.15, 0.2) is 10.9 Å². The summed E-state index contributed by atoms with van der Waals surface area (Å²) in [7, 11) is 0. The summed E-state index contributed by atoms with van der Waals surface area (Å²) >= 11 is 4.16. The van der Waals surface area contributed by atoms with Crippen LogP contribution in [0.2, 0.25) is 0 Å². The van der Waals surface area contributed by atoms with E-state index in [0.717, 1.165) is 0 Å². The normalized spacial score (nSPS) is 33.5. The molecule has 0 aliphatic heterocycles. The molecule has 1 aliphatic carbocycles. The minimum absolute atomic E-state index is 3.26. The highest BCUT2D eigenvalue weighted by Gasteiger charge is 2.93. The van der Waals surface area contributed by atoms with E-state index in [0.29, 0.717) is 0 Å². The van der Waals surface area contributed by atoms with E-state index >= 15 is 0 Å². The summed E-state index contributed by atoms with van der Waals surface area (Å²) in [4.78, 5) is 0. The van der Waals surface area contributed by atoms with E-state index in [1.54, 1.807) is 0 Å². The average Bonchev–Trinajstić information content (AvgIpc) is 2.21. The number of rotatable bonds is 0. The van der Waals surface area contributed by atoms with Crippen molar-refractivity contribution in [3.05, 3.63) is 10.9 Å². The molecule has 0 saturated heterocycles. The maximum atomic E-state index is 13.2. The highest BCUT2D eigenvalue weighted by Crippen LogP contribution is 2.66. The number of allylic oxidation sites excluding steroid dienone is 2. The third-order valence-corrected chi connectivity index (χ3v) is 2.80. The topological polar surface area (TPSA) is 0 Å². The van der Waals surface area contributed by atoms with E-state index in [2.05, 4.69) is 11.6 Å². The molecule has 112 valence electrons. The van der Waals surface area contributed by atoms with Crippen molar-refractivity contribution in [2.45, 2.75) is 29.6 Å². The fourth-order valence-corrected chi connectivity index (χ4v) is 1.58. The lowest BCUT2D eigenvalue weighted by Gasteiger charge is -2.45. The van der Waals surface area contributed by atoms with Crippen molar-refractivity contribution in [2.75, 3.05) is 0 Å². The summed E-state index contributed by atoms with van der Waals surface area (Å²) in [5.41, 5.74) is -7.05. The molecule has 12 heteroatoms. The molecule has 1 rings (SSSR count). The van der Waals surface area contributed by atoms with Crippen LogP contribution < -0.4 is 0 Å². The second kappa shape index (κ2) is 3.67. The molecule has 0 heterocycles. The summed E-state index contributed by atoms with van der Waals surface area (Å²) in [6, 6.07) is 0. The van der Waals surface area contributed by atoms with Gasteiger partial charge in [0.25, 0.3) is 0 Å². The molecular weight excluding hydrogens is 329 g/mol. The second-order valence-corrected chi connectivity index (χ2v) is 3.89. The number of halogens is 12. The number of hydrogen-bond acceptors (Lipinski definition) is 0. The van der Waals surface area contributed by atoms with E-state index in [1.807, 2.05) is 0 Å². The van der Waals surface area contributed by atoms with E-state index in [-0.39, 0.29) is 0 Å². The highest BCUT2D eigenvalue weighted by molar-refractivity contribution is 6.31. The lowest BCUT2D eigenvalue weighted by Crippen LogP contribution is -2.74. The Hall–Kier alpha value is -0.740. The summed E-state index contributed by atoms with van der Waals surface area (Å²) < 4.78 is 139. The Bertz CT molecular complexity index is 433. The van der Waals surface area contributed by atoms with E-state index in [4.69, 9.17) is 0 Å². The Labute approximate surface area is 101 Å². The van der Waals surface area contributed by atoms with Crippen molar-refractivity contribution in [1.82, 2.24) is 0 Å². The first kappa shape index (κ1) is 16.3. The van der Waals surface area contributed by atoms with Crippen LogP contribution in [0.25, 0.3) is 0 Å². The summed E-state index contributed by atoms with van der Waals surface area (Å²) in [6.45, 7) is 0. The first-order valence-corrected chi connectivity index (χ1v) is 4.40. The van der Waals surface area contributed by atoms with Gasteiger partial charge in [-0.05, 0) is 0 Å². The molecule has 0 nitrogen and oxygen atoms in total. The third-order valence-electron chi connectivity index (χ3n) is 2.39. The Morgan fingerprint density at radius 2 is 1.16 bits per heavy atom. The van der Waals surface area contributed by atoms with Crippen LogP contribution in [0.5, 0.6) is 0 Å². The zero-order valence-corrected chi connectivity index (χ0v) is 8.79. The predicted molar refractivity (Wildman–Crippen MR) is 38.7 cm³/mol. The predicted octanol–water partition coefficient (Wildman–Crippen LogP) is 4.60. The first-order chi connectivity index (χ1) is 8.07. The Morgan fingerprint density at radius 1 is 0.789 bits per heavy atom. The molecule has 1 aliphatic rings. The highest BCUT2D eigenvalue weighted by atomic mass is 35.5. The van der Waals surface area contributed by atoms with Gasteiger partial charge >= 0.3 is 29.6 Å². The van der Waals surface area contributed by atoms with E-state index in [1.165, 1.54) is 0 Å².